The summed E-state index contributed by atoms with van der Waals surface area (Å²) >= 11 is 0. The summed E-state index contributed by atoms with van der Waals surface area (Å²) in [4.78, 5) is 6.62. The fourth-order valence-corrected chi connectivity index (χ4v) is 2.86. The third kappa shape index (κ3) is 3.83. The van der Waals surface area contributed by atoms with Crippen LogP contribution in [-0.4, -0.2) is 29.5 Å². The normalized spacial score (nSPS) is 18.7. The lowest BCUT2D eigenvalue weighted by molar-refractivity contribution is 0.153. The molecule has 0 bridgehead atoms. The van der Waals surface area contributed by atoms with Gasteiger partial charge in [0.25, 0.3) is 0 Å². The van der Waals surface area contributed by atoms with Gasteiger partial charge in [-0.15, -0.1) is 12.4 Å². The number of rotatable bonds is 3. The van der Waals surface area contributed by atoms with Crippen LogP contribution in [-0.2, 0) is 6.54 Å². The molecule has 1 fully saturated rings. The molecule has 0 aliphatic carbocycles. The molecule has 0 amide bonds. The molecule has 5 heteroatoms. The average Bonchev–Trinajstić information content (AvgIpc) is 2.50. The van der Waals surface area contributed by atoms with Gasteiger partial charge in [0.1, 0.15) is 5.82 Å². The number of nitrogens with zero attached hydrogens (tertiary/aromatic N) is 2. The van der Waals surface area contributed by atoms with Crippen LogP contribution in [0.2, 0.25) is 0 Å². The molecule has 1 aromatic carbocycles. The van der Waals surface area contributed by atoms with E-state index in [1.54, 1.807) is 12.1 Å². The van der Waals surface area contributed by atoms with Crippen LogP contribution in [0.25, 0.3) is 0 Å². The highest BCUT2D eigenvalue weighted by molar-refractivity contribution is 5.85. The molecule has 0 saturated carbocycles. The largest absolute Gasteiger partial charge is 0.314 e. The van der Waals surface area contributed by atoms with E-state index >= 15 is 0 Å². The summed E-state index contributed by atoms with van der Waals surface area (Å²) in [5.41, 5.74) is 3.52. The molecule has 0 radical (unpaired) electrons. The molecule has 2 aromatic rings. The molecule has 1 atom stereocenters. The third-order valence-corrected chi connectivity index (χ3v) is 4.11. The Bertz CT molecular complexity index is 620. The Balaban J connectivity index is 0.00000176. The van der Waals surface area contributed by atoms with Gasteiger partial charge in [-0.05, 0) is 41.8 Å². The zero-order chi connectivity index (χ0) is 14.7. The SMILES string of the molecule is Cc1ccncc1CN1CCNCC1c1cccc(F)c1.Cl. The van der Waals surface area contributed by atoms with Gasteiger partial charge in [0.2, 0.25) is 0 Å². The van der Waals surface area contributed by atoms with Gasteiger partial charge in [-0.25, -0.2) is 4.39 Å². The zero-order valence-corrected chi connectivity index (χ0v) is 13.4. The van der Waals surface area contributed by atoms with Crippen LogP contribution in [0.3, 0.4) is 0 Å². The maximum atomic E-state index is 13.5. The van der Waals surface area contributed by atoms with Crippen LogP contribution in [0.15, 0.2) is 42.7 Å². The minimum absolute atomic E-state index is 0. The van der Waals surface area contributed by atoms with Crippen molar-refractivity contribution in [3.8, 4) is 0 Å². The molecule has 22 heavy (non-hydrogen) atoms. The van der Waals surface area contributed by atoms with Crippen LogP contribution in [0, 0.1) is 12.7 Å². The third-order valence-electron chi connectivity index (χ3n) is 4.11. The average molecular weight is 322 g/mol. The quantitative estimate of drug-likeness (QED) is 0.941. The lowest BCUT2D eigenvalue weighted by Crippen LogP contribution is -2.45. The van der Waals surface area contributed by atoms with E-state index in [-0.39, 0.29) is 24.3 Å². The first-order chi connectivity index (χ1) is 10.2. The van der Waals surface area contributed by atoms with Crippen LogP contribution < -0.4 is 5.32 Å². The lowest BCUT2D eigenvalue weighted by atomic mass is 10.0. The maximum absolute atomic E-state index is 13.5. The molecule has 1 aliphatic heterocycles. The number of piperazine rings is 1. The van der Waals surface area contributed by atoms with Crippen molar-refractivity contribution >= 4 is 12.4 Å². The molecule has 1 unspecified atom stereocenters. The van der Waals surface area contributed by atoms with Gasteiger partial charge in [0.05, 0.1) is 0 Å². The van der Waals surface area contributed by atoms with Crippen LogP contribution in [0.1, 0.15) is 22.7 Å². The van der Waals surface area contributed by atoms with Crippen LogP contribution in [0.5, 0.6) is 0 Å². The zero-order valence-electron chi connectivity index (χ0n) is 12.6. The molecule has 1 aliphatic rings. The second-order valence-corrected chi connectivity index (χ2v) is 5.55. The van der Waals surface area contributed by atoms with E-state index in [1.165, 1.54) is 17.2 Å². The van der Waals surface area contributed by atoms with Gasteiger partial charge in [-0.2, -0.15) is 0 Å². The van der Waals surface area contributed by atoms with Crippen molar-refractivity contribution in [3.63, 3.8) is 0 Å². The molecule has 1 N–H and O–H groups in total. The van der Waals surface area contributed by atoms with E-state index in [0.29, 0.717) is 0 Å². The van der Waals surface area contributed by atoms with Crippen molar-refractivity contribution in [1.29, 1.82) is 0 Å². The number of hydrogen-bond acceptors (Lipinski definition) is 3. The van der Waals surface area contributed by atoms with Gasteiger partial charge < -0.3 is 5.32 Å². The van der Waals surface area contributed by atoms with Crippen molar-refractivity contribution in [2.24, 2.45) is 0 Å². The fourth-order valence-electron chi connectivity index (χ4n) is 2.86. The van der Waals surface area contributed by atoms with Crippen molar-refractivity contribution < 1.29 is 4.39 Å². The predicted molar refractivity (Wildman–Crippen MR) is 88.6 cm³/mol. The Hall–Kier alpha value is -1.49. The number of aromatic nitrogens is 1. The molecule has 2 heterocycles. The van der Waals surface area contributed by atoms with E-state index in [0.717, 1.165) is 31.7 Å². The number of halogens is 2. The monoisotopic (exact) mass is 321 g/mol. The van der Waals surface area contributed by atoms with Crippen molar-refractivity contribution in [2.45, 2.75) is 19.5 Å². The van der Waals surface area contributed by atoms with Crippen LogP contribution in [0.4, 0.5) is 4.39 Å². The summed E-state index contributed by atoms with van der Waals surface area (Å²) in [6.07, 6.45) is 3.75. The standard InChI is InChI=1S/C17H20FN3.ClH/c1-13-5-6-19-10-15(13)12-21-8-7-20-11-17(21)14-3-2-4-16(18)9-14;/h2-6,9-10,17,20H,7-8,11-12H2,1H3;1H. The summed E-state index contributed by atoms with van der Waals surface area (Å²) in [6, 6.07) is 9.16. The summed E-state index contributed by atoms with van der Waals surface area (Å²) < 4.78 is 13.5. The topological polar surface area (TPSA) is 28.2 Å². The van der Waals surface area contributed by atoms with Crippen LogP contribution >= 0.6 is 12.4 Å². The molecule has 118 valence electrons. The van der Waals surface area contributed by atoms with Gasteiger partial charge in [-0.3, -0.25) is 9.88 Å². The van der Waals surface area contributed by atoms with E-state index in [4.69, 9.17) is 0 Å². The van der Waals surface area contributed by atoms with Crippen molar-refractivity contribution in [3.05, 3.63) is 65.2 Å². The number of hydrogen-bond donors (Lipinski definition) is 1. The Kier molecular flexibility index (Phi) is 5.89. The first-order valence-electron chi connectivity index (χ1n) is 7.34. The van der Waals surface area contributed by atoms with E-state index in [9.17, 15) is 4.39 Å². The molecule has 0 spiro atoms. The summed E-state index contributed by atoms with van der Waals surface area (Å²) in [5.74, 6) is -0.171. The minimum atomic E-state index is -0.171. The van der Waals surface area contributed by atoms with Gasteiger partial charge in [0.15, 0.2) is 0 Å². The number of benzene rings is 1. The first kappa shape index (κ1) is 16.9. The summed E-state index contributed by atoms with van der Waals surface area (Å²) in [7, 11) is 0. The highest BCUT2D eigenvalue weighted by atomic mass is 35.5. The Morgan fingerprint density at radius 3 is 3.00 bits per heavy atom. The first-order valence-corrected chi connectivity index (χ1v) is 7.34. The number of aryl methyl sites for hydroxylation is 1. The maximum Gasteiger partial charge on any atom is 0.123 e. The van der Waals surface area contributed by atoms with Crippen molar-refractivity contribution in [2.75, 3.05) is 19.6 Å². The Morgan fingerprint density at radius 1 is 1.36 bits per heavy atom. The van der Waals surface area contributed by atoms with Gasteiger partial charge >= 0.3 is 0 Å². The smallest absolute Gasteiger partial charge is 0.123 e. The molecule has 3 rings (SSSR count). The fraction of sp³-hybridized carbons (Fsp3) is 0.353. The van der Waals surface area contributed by atoms with Gasteiger partial charge in [0, 0.05) is 44.6 Å². The van der Waals surface area contributed by atoms with E-state index in [1.807, 2.05) is 24.5 Å². The molecular weight excluding hydrogens is 301 g/mol. The van der Waals surface area contributed by atoms with Crippen molar-refractivity contribution in [1.82, 2.24) is 15.2 Å². The highest BCUT2D eigenvalue weighted by Gasteiger charge is 2.24. The highest BCUT2D eigenvalue weighted by Crippen LogP contribution is 2.25. The summed E-state index contributed by atoms with van der Waals surface area (Å²) in [6.45, 7) is 5.72. The minimum Gasteiger partial charge on any atom is -0.314 e. The predicted octanol–water partition coefficient (Wildman–Crippen LogP) is 3.10. The summed E-state index contributed by atoms with van der Waals surface area (Å²) in [5, 5.41) is 3.40. The molecule has 1 aromatic heterocycles. The number of pyridine rings is 1. The second-order valence-electron chi connectivity index (χ2n) is 5.55. The number of nitrogens with one attached hydrogen (secondary N) is 1. The Morgan fingerprint density at radius 2 is 2.23 bits per heavy atom. The van der Waals surface area contributed by atoms with E-state index < -0.39 is 0 Å². The molecular formula is C17H21ClFN3. The van der Waals surface area contributed by atoms with E-state index in [2.05, 4.69) is 22.1 Å². The molecule has 1 saturated heterocycles. The second kappa shape index (κ2) is 7.68. The van der Waals surface area contributed by atoms with Gasteiger partial charge in [-0.1, -0.05) is 12.1 Å². The lowest BCUT2D eigenvalue weighted by Gasteiger charge is -2.36. The molecule has 3 nitrogen and oxygen atoms in total. The Labute approximate surface area is 137 Å².